The minimum absolute atomic E-state index is 0.0880. The molecule has 3 rings (SSSR count). The molecule has 0 aliphatic carbocycles. The SMILES string of the molecule is COCCNC(=O)c1cn(CC2CCCN2C(=O)Nc2cccc(F)c2C)nn1. The first-order valence-electron chi connectivity index (χ1n) is 9.49. The van der Waals surface area contributed by atoms with E-state index in [-0.39, 0.29) is 29.5 Å². The number of ether oxygens (including phenoxy) is 1. The van der Waals surface area contributed by atoms with Crippen molar-refractivity contribution < 1.29 is 18.7 Å². The highest BCUT2D eigenvalue weighted by molar-refractivity contribution is 5.92. The van der Waals surface area contributed by atoms with Gasteiger partial charge in [0.05, 0.1) is 25.4 Å². The van der Waals surface area contributed by atoms with Crippen LogP contribution in [-0.2, 0) is 11.3 Å². The number of likely N-dealkylation sites (tertiary alicyclic amines) is 1. The van der Waals surface area contributed by atoms with E-state index >= 15 is 0 Å². The van der Waals surface area contributed by atoms with E-state index in [9.17, 15) is 14.0 Å². The third-order valence-electron chi connectivity index (χ3n) is 4.91. The van der Waals surface area contributed by atoms with Gasteiger partial charge in [-0.3, -0.25) is 4.79 Å². The molecule has 1 aliphatic rings. The van der Waals surface area contributed by atoms with Crippen molar-refractivity contribution in [3.8, 4) is 0 Å². The second-order valence-corrected chi connectivity index (χ2v) is 6.91. The Hall–Kier alpha value is -3.01. The van der Waals surface area contributed by atoms with E-state index in [1.165, 1.54) is 6.07 Å². The summed E-state index contributed by atoms with van der Waals surface area (Å²) in [6, 6.07) is 4.23. The Morgan fingerprint density at radius 2 is 2.21 bits per heavy atom. The van der Waals surface area contributed by atoms with Gasteiger partial charge >= 0.3 is 6.03 Å². The van der Waals surface area contributed by atoms with Crippen LogP contribution in [0.4, 0.5) is 14.9 Å². The van der Waals surface area contributed by atoms with Gasteiger partial charge in [-0.25, -0.2) is 13.9 Å². The molecular weight excluding hydrogens is 379 g/mol. The first-order chi connectivity index (χ1) is 14.0. The van der Waals surface area contributed by atoms with Crippen molar-refractivity contribution in [3.05, 3.63) is 41.5 Å². The van der Waals surface area contributed by atoms with E-state index in [0.29, 0.717) is 37.5 Å². The Bertz CT molecular complexity index is 871. The summed E-state index contributed by atoms with van der Waals surface area (Å²) < 4.78 is 20.2. The van der Waals surface area contributed by atoms with E-state index in [1.807, 2.05) is 0 Å². The summed E-state index contributed by atoms with van der Waals surface area (Å²) >= 11 is 0. The Morgan fingerprint density at radius 1 is 1.38 bits per heavy atom. The van der Waals surface area contributed by atoms with Crippen LogP contribution in [0.25, 0.3) is 0 Å². The number of hydrogen-bond donors (Lipinski definition) is 2. The lowest BCUT2D eigenvalue weighted by molar-refractivity contribution is 0.0932. The maximum atomic E-state index is 13.7. The van der Waals surface area contributed by atoms with Gasteiger partial charge in [0.1, 0.15) is 5.82 Å². The van der Waals surface area contributed by atoms with Crippen LogP contribution in [0.2, 0.25) is 0 Å². The molecule has 9 nitrogen and oxygen atoms in total. The summed E-state index contributed by atoms with van der Waals surface area (Å²) in [5.74, 6) is -0.685. The molecule has 1 unspecified atom stereocenters. The number of hydrogen-bond acceptors (Lipinski definition) is 5. The van der Waals surface area contributed by atoms with Crippen LogP contribution >= 0.6 is 0 Å². The number of amides is 3. The average molecular weight is 404 g/mol. The Morgan fingerprint density at radius 3 is 3.00 bits per heavy atom. The third kappa shape index (κ3) is 5.08. The molecule has 2 N–H and O–H groups in total. The quantitative estimate of drug-likeness (QED) is 0.686. The van der Waals surface area contributed by atoms with Crippen LogP contribution in [0.15, 0.2) is 24.4 Å². The molecule has 1 fully saturated rings. The number of nitrogens with one attached hydrogen (secondary N) is 2. The first-order valence-corrected chi connectivity index (χ1v) is 9.49. The molecule has 1 saturated heterocycles. The molecule has 10 heteroatoms. The summed E-state index contributed by atoms with van der Waals surface area (Å²) in [5.41, 5.74) is 1.07. The van der Waals surface area contributed by atoms with Crippen LogP contribution in [-0.4, -0.2) is 64.7 Å². The predicted octanol–water partition coefficient (Wildman–Crippen LogP) is 1.80. The summed E-state index contributed by atoms with van der Waals surface area (Å²) in [5, 5.41) is 13.4. The van der Waals surface area contributed by atoms with Crippen molar-refractivity contribution in [2.24, 2.45) is 0 Å². The van der Waals surface area contributed by atoms with Gasteiger partial charge in [0, 0.05) is 31.5 Å². The maximum absolute atomic E-state index is 13.7. The zero-order chi connectivity index (χ0) is 20.8. The monoisotopic (exact) mass is 404 g/mol. The third-order valence-corrected chi connectivity index (χ3v) is 4.91. The lowest BCUT2D eigenvalue weighted by Gasteiger charge is -2.25. The van der Waals surface area contributed by atoms with Crippen LogP contribution in [0.3, 0.4) is 0 Å². The van der Waals surface area contributed by atoms with Gasteiger partial charge in [-0.1, -0.05) is 11.3 Å². The molecule has 156 valence electrons. The van der Waals surface area contributed by atoms with Crippen LogP contribution in [0, 0.1) is 12.7 Å². The number of aromatic nitrogens is 3. The molecule has 29 heavy (non-hydrogen) atoms. The van der Waals surface area contributed by atoms with Crippen molar-refractivity contribution in [3.63, 3.8) is 0 Å². The second-order valence-electron chi connectivity index (χ2n) is 6.91. The lowest BCUT2D eigenvalue weighted by atomic mass is 10.2. The topological polar surface area (TPSA) is 101 Å². The van der Waals surface area contributed by atoms with Crippen molar-refractivity contribution in [1.82, 2.24) is 25.2 Å². The number of carbonyl (C=O) groups excluding carboxylic acids is 2. The number of carbonyl (C=O) groups is 2. The van der Waals surface area contributed by atoms with E-state index in [0.717, 1.165) is 12.8 Å². The number of methoxy groups -OCH3 is 1. The zero-order valence-corrected chi connectivity index (χ0v) is 16.5. The van der Waals surface area contributed by atoms with Crippen LogP contribution in [0.5, 0.6) is 0 Å². The number of nitrogens with zero attached hydrogens (tertiary/aromatic N) is 4. The van der Waals surface area contributed by atoms with Gasteiger partial charge in [0.25, 0.3) is 5.91 Å². The van der Waals surface area contributed by atoms with Crippen LogP contribution < -0.4 is 10.6 Å². The standard InChI is InChI=1S/C19H25FN6O3/c1-13-15(20)6-3-7-16(13)22-19(28)26-9-4-5-14(26)11-25-12-17(23-24-25)18(27)21-8-10-29-2/h3,6-7,12,14H,4-5,8-11H2,1-2H3,(H,21,27)(H,22,28). The fourth-order valence-corrected chi connectivity index (χ4v) is 3.29. The molecular formula is C19H25FN6O3. The minimum atomic E-state index is -0.361. The van der Waals surface area contributed by atoms with Gasteiger partial charge in [-0.05, 0) is 31.9 Å². The maximum Gasteiger partial charge on any atom is 0.322 e. The van der Waals surface area contributed by atoms with Gasteiger partial charge in [-0.2, -0.15) is 0 Å². The summed E-state index contributed by atoms with van der Waals surface area (Å²) in [6.07, 6.45) is 3.23. The van der Waals surface area contributed by atoms with Crippen molar-refractivity contribution >= 4 is 17.6 Å². The van der Waals surface area contributed by atoms with Crippen molar-refractivity contribution in [2.75, 3.05) is 32.1 Å². The number of urea groups is 1. The molecule has 0 bridgehead atoms. The molecule has 1 aliphatic heterocycles. The smallest absolute Gasteiger partial charge is 0.322 e. The highest BCUT2D eigenvalue weighted by atomic mass is 19.1. The molecule has 1 aromatic heterocycles. The van der Waals surface area contributed by atoms with Crippen molar-refractivity contribution in [1.29, 1.82) is 0 Å². The van der Waals surface area contributed by atoms with Gasteiger partial charge in [0.15, 0.2) is 5.69 Å². The molecule has 0 spiro atoms. The number of halogens is 1. The number of rotatable bonds is 7. The average Bonchev–Trinajstić information content (AvgIpc) is 3.35. The first kappa shape index (κ1) is 20.7. The Kier molecular flexibility index (Phi) is 6.76. The molecule has 1 atom stereocenters. The van der Waals surface area contributed by atoms with E-state index < -0.39 is 0 Å². The van der Waals surface area contributed by atoms with E-state index in [2.05, 4.69) is 20.9 Å². The summed E-state index contributed by atoms with van der Waals surface area (Å²) in [4.78, 5) is 26.4. The fraction of sp³-hybridized carbons (Fsp3) is 0.474. The lowest BCUT2D eigenvalue weighted by Crippen LogP contribution is -2.41. The van der Waals surface area contributed by atoms with Gasteiger partial charge in [-0.15, -0.1) is 5.10 Å². The molecule has 3 amide bonds. The molecule has 0 saturated carbocycles. The highest BCUT2D eigenvalue weighted by Gasteiger charge is 2.30. The molecule has 2 aromatic rings. The largest absolute Gasteiger partial charge is 0.383 e. The van der Waals surface area contributed by atoms with Gasteiger partial charge < -0.3 is 20.3 Å². The minimum Gasteiger partial charge on any atom is -0.383 e. The Labute approximate surface area is 168 Å². The fourth-order valence-electron chi connectivity index (χ4n) is 3.29. The molecule has 2 heterocycles. The summed E-state index contributed by atoms with van der Waals surface area (Å²) in [7, 11) is 1.56. The molecule has 1 aromatic carbocycles. The van der Waals surface area contributed by atoms with E-state index in [4.69, 9.17) is 4.74 Å². The van der Waals surface area contributed by atoms with E-state index in [1.54, 1.807) is 41.9 Å². The normalized spacial score (nSPS) is 16.1. The number of benzene rings is 1. The second kappa shape index (κ2) is 9.46. The predicted molar refractivity (Wildman–Crippen MR) is 104 cm³/mol. The highest BCUT2D eigenvalue weighted by Crippen LogP contribution is 2.22. The number of anilines is 1. The Balaban J connectivity index is 1.60. The molecule has 0 radical (unpaired) electrons. The van der Waals surface area contributed by atoms with Crippen molar-refractivity contribution in [2.45, 2.75) is 32.4 Å². The summed E-state index contributed by atoms with van der Waals surface area (Å²) in [6.45, 7) is 3.45. The zero-order valence-electron chi connectivity index (χ0n) is 16.5. The van der Waals surface area contributed by atoms with Gasteiger partial charge in [0.2, 0.25) is 0 Å². The van der Waals surface area contributed by atoms with Crippen LogP contribution in [0.1, 0.15) is 28.9 Å².